The number of carbonyl (C=O) groups excluding carboxylic acids is 2. The van der Waals surface area contributed by atoms with Crippen LogP contribution in [-0.4, -0.2) is 31.4 Å². The first-order valence-electron chi connectivity index (χ1n) is 8.58. The van der Waals surface area contributed by atoms with Crippen LogP contribution in [0, 0.1) is 0 Å². The zero-order valence-electron chi connectivity index (χ0n) is 15.0. The molecule has 0 aliphatic carbocycles. The first-order valence-corrected chi connectivity index (χ1v) is 8.96. The molecule has 0 unspecified atom stereocenters. The van der Waals surface area contributed by atoms with Crippen molar-refractivity contribution in [2.24, 2.45) is 5.73 Å². The van der Waals surface area contributed by atoms with Crippen LogP contribution in [0.1, 0.15) is 21.0 Å². The third-order valence-electron chi connectivity index (χ3n) is 4.13. The number of benzene rings is 2. The van der Waals surface area contributed by atoms with Gasteiger partial charge in [0.25, 0.3) is 11.8 Å². The molecule has 0 aliphatic rings. The fourth-order valence-corrected chi connectivity index (χ4v) is 2.88. The summed E-state index contributed by atoms with van der Waals surface area (Å²) in [4.78, 5) is 23.6. The van der Waals surface area contributed by atoms with E-state index < -0.39 is 5.91 Å². The van der Waals surface area contributed by atoms with Gasteiger partial charge in [0.2, 0.25) is 0 Å². The van der Waals surface area contributed by atoms with Gasteiger partial charge in [-0.2, -0.15) is 10.2 Å². The lowest BCUT2D eigenvalue weighted by molar-refractivity contribution is 0.0992. The zero-order valence-corrected chi connectivity index (χ0v) is 15.7. The molecule has 29 heavy (non-hydrogen) atoms. The van der Waals surface area contributed by atoms with Gasteiger partial charge < -0.3 is 11.1 Å². The Morgan fingerprint density at radius 2 is 1.52 bits per heavy atom. The molecule has 0 atom stereocenters. The Bertz CT molecular complexity index is 1200. The number of carbonyl (C=O) groups is 2. The van der Waals surface area contributed by atoms with Crippen molar-refractivity contribution in [3.05, 3.63) is 89.5 Å². The van der Waals surface area contributed by atoms with E-state index in [9.17, 15) is 9.59 Å². The zero-order chi connectivity index (χ0) is 20.4. The van der Waals surface area contributed by atoms with Crippen molar-refractivity contribution < 1.29 is 9.59 Å². The molecular formula is C20H15ClN6O2. The monoisotopic (exact) mass is 406 g/mol. The van der Waals surface area contributed by atoms with Gasteiger partial charge in [-0.05, 0) is 54.6 Å². The number of hydrogen-bond acceptors (Lipinski definition) is 4. The SMILES string of the molecule is NC(=O)c1ccn(-c2ccc(NC(=O)c3ccn(-c4cccc(Cl)c4)n3)cc2)n1. The topological polar surface area (TPSA) is 108 Å². The second kappa shape index (κ2) is 7.61. The standard InChI is InChI=1S/C20H15ClN6O2/c21-13-2-1-3-16(12-13)27-11-9-18(25-27)20(29)23-14-4-6-15(7-5-14)26-10-8-17(24-26)19(22)28/h1-12H,(H2,22,28)(H,23,29). The van der Waals surface area contributed by atoms with Crippen LogP contribution in [0.4, 0.5) is 5.69 Å². The van der Waals surface area contributed by atoms with Crippen molar-refractivity contribution in [3.8, 4) is 11.4 Å². The summed E-state index contributed by atoms with van der Waals surface area (Å²) in [7, 11) is 0. The molecule has 8 nitrogen and oxygen atoms in total. The van der Waals surface area contributed by atoms with E-state index in [1.807, 2.05) is 12.1 Å². The van der Waals surface area contributed by atoms with Gasteiger partial charge in [-0.3, -0.25) is 9.59 Å². The number of amides is 2. The predicted octanol–water partition coefficient (Wildman–Crippen LogP) is 3.06. The lowest BCUT2D eigenvalue weighted by atomic mass is 10.2. The summed E-state index contributed by atoms with van der Waals surface area (Å²) in [6.45, 7) is 0. The smallest absolute Gasteiger partial charge is 0.276 e. The summed E-state index contributed by atoms with van der Waals surface area (Å²) in [5.74, 6) is -0.932. The van der Waals surface area contributed by atoms with Crippen LogP contribution in [0.2, 0.25) is 5.02 Å². The minimum atomic E-state index is -0.593. The molecule has 0 saturated carbocycles. The van der Waals surface area contributed by atoms with E-state index in [4.69, 9.17) is 17.3 Å². The molecule has 0 spiro atoms. The molecule has 2 amide bonds. The number of rotatable bonds is 5. The molecule has 9 heteroatoms. The fraction of sp³-hybridized carbons (Fsp3) is 0. The number of primary amides is 1. The van der Waals surface area contributed by atoms with Crippen molar-refractivity contribution in [1.29, 1.82) is 0 Å². The number of anilines is 1. The predicted molar refractivity (Wildman–Crippen MR) is 109 cm³/mol. The van der Waals surface area contributed by atoms with E-state index in [-0.39, 0.29) is 17.3 Å². The van der Waals surface area contributed by atoms with Gasteiger partial charge in [0.05, 0.1) is 11.4 Å². The molecule has 0 fully saturated rings. The van der Waals surface area contributed by atoms with Gasteiger partial charge in [0.15, 0.2) is 5.69 Å². The van der Waals surface area contributed by atoms with Crippen LogP contribution >= 0.6 is 11.6 Å². The lowest BCUT2D eigenvalue weighted by Crippen LogP contribution is -2.13. The van der Waals surface area contributed by atoms with Gasteiger partial charge in [-0.15, -0.1) is 0 Å². The quantitative estimate of drug-likeness (QED) is 0.531. The van der Waals surface area contributed by atoms with Crippen LogP contribution in [0.3, 0.4) is 0 Å². The molecular weight excluding hydrogens is 392 g/mol. The van der Waals surface area contributed by atoms with Crippen molar-refractivity contribution in [2.75, 3.05) is 5.32 Å². The average Bonchev–Trinajstić information content (AvgIpc) is 3.39. The molecule has 0 aliphatic heterocycles. The Hall–Kier alpha value is -3.91. The van der Waals surface area contributed by atoms with E-state index in [2.05, 4.69) is 15.5 Å². The molecule has 144 valence electrons. The lowest BCUT2D eigenvalue weighted by Gasteiger charge is -2.06. The molecule has 3 N–H and O–H groups in total. The summed E-state index contributed by atoms with van der Waals surface area (Å²) in [6.07, 6.45) is 3.33. The van der Waals surface area contributed by atoms with Crippen LogP contribution < -0.4 is 11.1 Å². The molecule has 4 aromatic rings. The van der Waals surface area contributed by atoms with Gasteiger partial charge >= 0.3 is 0 Å². The Morgan fingerprint density at radius 3 is 2.17 bits per heavy atom. The van der Waals surface area contributed by atoms with Crippen molar-refractivity contribution in [3.63, 3.8) is 0 Å². The third kappa shape index (κ3) is 4.02. The molecule has 2 heterocycles. The Labute approximate surface area is 170 Å². The van der Waals surface area contributed by atoms with Crippen molar-refractivity contribution in [2.45, 2.75) is 0 Å². The maximum absolute atomic E-state index is 12.5. The highest BCUT2D eigenvalue weighted by Crippen LogP contribution is 2.16. The highest BCUT2D eigenvalue weighted by molar-refractivity contribution is 6.30. The molecule has 0 bridgehead atoms. The van der Waals surface area contributed by atoms with E-state index in [1.54, 1.807) is 59.5 Å². The highest BCUT2D eigenvalue weighted by Gasteiger charge is 2.11. The van der Waals surface area contributed by atoms with Gasteiger partial charge in [-0.25, -0.2) is 9.36 Å². The highest BCUT2D eigenvalue weighted by atomic mass is 35.5. The van der Waals surface area contributed by atoms with E-state index in [0.29, 0.717) is 10.7 Å². The van der Waals surface area contributed by atoms with Gasteiger partial charge in [0.1, 0.15) is 5.69 Å². The molecule has 0 saturated heterocycles. The summed E-state index contributed by atoms with van der Waals surface area (Å²) in [5.41, 5.74) is 7.74. The van der Waals surface area contributed by atoms with Crippen LogP contribution in [-0.2, 0) is 0 Å². The molecule has 4 rings (SSSR count). The van der Waals surface area contributed by atoms with Crippen molar-refractivity contribution in [1.82, 2.24) is 19.6 Å². The van der Waals surface area contributed by atoms with Crippen LogP contribution in [0.25, 0.3) is 11.4 Å². The largest absolute Gasteiger partial charge is 0.364 e. The maximum Gasteiger partial charge on any atom is 0.276 e. The number of nitrogens with two attached hydrogens (primary N) is 1. The summed E-state index contributed by atoms with van der Waals surface area (Å²) >= 11 is 6.00. The summed E-state index contributed by atoms with van der Waals surface area (Å²) < 4.78 is 3.11. The van der Waals surface area contributed by atoms with Crippen LogP contribution in [0.15, 0.2) is 73.1 Å². The number of aromatic nitrogens is 4. The number of nitrogens with zero attached hydrogens (tertiary/aromatic N) is 4. The first kappa shape index (κ1) is 18.5. The molecule has 2 aromatic heterocycles. The summed E-state index contributed by atoms with van der Waals surface area (Å²) in [5, 5.41) is 11.8. The minimum absolute atomic E-state index is 0.178. The van der Waals surface area contributed by atoms with E-state index in [0.717, 1.165) is 11.4 Å². The second-order valence-corrected chi connectivity index (χ2v) is 6.57. The number of halogens is 1. The maximum atomic E-state index is 12.5. The number of hydrogen-bond donors (Lipinski definition) is 2. The molecule has 2 aromatic carbocycles. The Kier molecular flexibility index (Phi) is 4.84. The fourth-order valence-electron chi connectivity index (χ4n) is 2.70. The van der Waals surface area contributed by atoms with Gasteiger partial charge in [-0.1, -0.05) is 17.7 Å². The summed E-state index contributed by atoms with van der Waals surface area (Å²) in [6, 6.07) is 17.3. The first-order chi connectivity index (χ1) is 14.0. The Morgan fingerprint density at radius 1 is 0.862 bits per heavy atom. The average molecular weight is 407 g/mol. The van der Waals surface area contributed by atoms with Crippen LogP contribution in [0.5, 0.6) is 0 Å². The number of nitrogens with one attached hydrogen (secondary N) is 1. The van der Waals surface area contributed by atoms with Gasteiger partial charge in [0, 0.05) is 23.1 Å². The van der Waals surface area contributed by atoms with E-state index >= 15 is 0 Å². The third-order valence-corrected chi connectivity index (χ3v) is 4.36. The van der Waals surface area contributed by atoms with E-state index in [1.165, 1.54) is 10.7 Å². The second-order valence-electron chi connectivity index (χ2n) is 6.14. The minimum Gasteiger partial charge on any atom is -0.364 e. The van der Waals surface area contributed by atoms with Crippen molar-refractivity contribution >= 4 is 29.1 Å². The molecule has 0 radical (unpaired) electrons. The Balaban J connectivity index is 1.46. The normalized spacial score (nSPS) is 10.7.